The molecule has 104 valence electrons. The number of nitrogen functional groups attached to an aromatic ring is 1. The topological polar surface area (TPSA) is 46.3 Å². The maximum Gasteiger partial charge on any atom is 0.256 e. The third-order valence-electron chi connectivity index (χ3n) is 3.94. The second-order valence-electron chi connectivity index (χ2n) is 5.29. The van der Waals surface area contributed by atoms with Crippen LogP contribution in [0.2, 0.25) is 0 Å². The molecule has 0 bridgehead atoms. The van der Waals surface area contributed by atoms with Gasteiger partial charge in [-0.2, -0.15) is 0 Å². The van der Waals surface area contributed by atoms with E-state index in [2.05, 4.69) is 0 Å². The van der Waals surface area contributed by atoms with Gasteiger partial charge in [-0.25, -0.2) is 4.39 Å². The Morgan fingerprint density at radius 3 is 2.53 bits per heavy atom. The summed E-state index contributed by atoms with van der Waals surface area (Å²) in [6.07, 6.45) is 6.83. The molecule has 4 heteroatoms. The van der Waals surface area contributed by atoms with E-state index in [1.165, 1.54) is 31.0 Å². The minimum atomic E-state index is -0.424. The van der Waals surface area contributed by atoms with Crippen molar-refractivity contribution in [3.8, 4) is 0 Å². The maximum absolute atomic E-state index is 13.3. The number of rotatable bonds is 2. The summed E-state index contributed by atoms with van der Waals surface area (Å²) in [5.74, 6) is -0.601. The summed E-state index contributed by atoms with van der Waals surface area (Å²) in [6, 6.07) is 4.20. The number of carbonyl (C=O) groups excluding carboxylic acids is 1. The van der Waals surface area contributed by atoms with Crippen molar-refractivity contribution in [2.45, 2.75) is 44.6 Å². The zero-order valence-electron chi connectivity index (χ0n) is 11.4. The number of anilines is 1. The lowest BCUT2D eigenvalue weighted by atomic mass is 10.1. The highest BCUT2D eigenvalue weighted by molar-refractivity contribution is 5.99. The molecule has 0 atom stereocenters. The summed E-state index contributed by atoms with van der Waals surface area (Å²) in [5, 5.41) is 0. The van der Waals surface area contributed by atoms with E-state index in [-0.39, 0.29) is 17.5 Å². The van der Waals surface area contributed by atoms with Gasteiger partial charge in [0.25, 0.3) is 5.91 Å². The van der Waals surface area contributed by atoms with Gasteiger partial charge in [0.1, 0.15) is 5.82 Å². The fourth-order valence-electron chi connectivity index (χ4n) is 2.71. The van der Waals surface area contributed by atoms with Crippen LogP contribution >= 0.6 is 0 Å². The fraction of sp³-hybridized carbons (Fsp3) is 0.533. The van der Waals surface area contributed by atoms with Gasteiger partial charge in [-0.15, -0.1) is 0 Å². The molecule has 1 fully saturated rings. The molecule has 1 amide bonds. The first kappa shape index (κ1) is 13.8. The quantitative estimate of drug-likeness (QED) is 0.658. The first-order chi connectivity index (χ1) is 9.09. The van der Waals surface area contributed by atoms with Crippen molar-refractivity contribution in [3.63, 3.8) is 0 Å². The summed E-state index contributed by atoms with van der Waals surface area (Å²) in [7, 11) is 1.79. The third kappa shape index (κ3) is 3.25. The molecule has 0 heterocycles. The predicted molar refractivity (Wildman–Crippen MR) is 74.4 cm³/mol. The molecular weight excluding hydrogens is 243 g/mol. The highest BCUT2D eigenvalue weighted by Gasteiger charge is 2.23. The Hall–Kier alpha value is -1.58. The molecule has 19 heavy (non-hydrogen) atoms. The molecular formula is C15H21FN2O. The monoisotopic (exact) mass is 264 g/mol. The van der Waals surface area contributed by atoms with Crippen LogP contribution in [0.4, 0.5) is 10.1 Å². The number of carbonyl (C=O) groups is 1. The third-order valence-corrected chi connectivity index (χ3v) is 3.94. The Morgan fingerprint density at radius 2 is 1.89 bits per heavy atom. The fourth-order valence-corrected chi connectivity index (χ4v) is 2.71. The predicted octanol–water partition coefficient (Wildman–Crippen LogP) is 3.20. The van der Waals surface area contributed by atoms with Gasteiger partial charge in [0.15, 0.2) is 0 Å². The van der Waals surface area contributed by atoms with Gasteiger partial charge >= 0.3 is 0 Å². The largest absolute Gasteiger partial charge is 0.398 e. The second kappa shape index (κ2) is 6.04. The molecule has 1 aliphatic carbocycles. The number of amides is 1. The molecule has 2 rings (SSSR count). The second-order valence-corrected chi connectivity index (χ2v) is 5.29. The maximum atomic E-state index is 13.3. The Labute approximate surface area is 113 Å². The van der Waals surface area contributed by atoms with Crippen LogP contribution < -0.4 is 5.73 Å². The zero-order chi connectivity index (χ0) is 13.8. The van der Waals surface area contributed by atoms with Gasteiger partial charge < -0.3 is 10.6 Å². The van der Waals surface area contributed by atoms with Gasteiger partial charge in [0, 0.05) is 18.8 Å². The number of nitrogens with zero attached hydrogens (tertiary/aromatic N) is 1. The summed E-state index contributed by atoms with van der Waals surface area (Å²) < 4.78 is 13.3. The lowest BCUT2D eigenvalue weighted by Gasteiger charge is -2.27. The summed E-state index contributed by atoms with van der Waals surface area (Å²) in [4.78, 5) is 14.1. The Balaban J connectivity index is 2.15. The molecule has 0 radical (unpaired) electrons. The van der Waals surface area contributed by atoms with Gasteiger partial charge in [-0.1, -0.05) is 25.7 Å². The van der Waals surface area contributed by atoms with E-state index < -0.39 is 5.82 Å². The highest BCUT2D eigenvalue weighted by atomic mass is 19.1. The van der Waals surface area contributed by atoms with Crippen molar-refractivity contribution in [1.29, 1.82) is 0 Å². The van der Waals surface area contributed by atoms with Crippen LogP contribution in [0.25, 0.3) is 0 Å². The van der Waals surface area contributed by atoms with Crippen LogP contribution in [0.1, 0.15) is 48.9 Å². The van der Waals surface area contributed by atoms with Crippen molar-refractivity contribution in [3.05, 3.63) is 29.6 Å². The minimum Gasteiger partial charge on any atom is -0.398 e. The van der Waals surface area contributed by atoms with Gasteiger partial charge in [-0.05, 0) is 31.0 Å². The highest BCUT2D eigenvalue weighted by Crippen LogP contribution is 2.24. The molecule has 3 nitrogen and oxygen atoms in total. The molecule has 1 aliphatic rings. The van der Waals surface area contributed by atoms with Crippen LogP contribution in [0.3, 0.4) is 0 Å². The molecule has 0 aliphatic heterocycles. The van der Waals surface area contributed by atoms with E-state index in [4.69, 9.17) is 5.73 Å². The lowest BCUT2D eigenvalue weighted by molar-refractivity contribution is 0.0718. The number of hydrogen-bond donors (Lipinski definition) is 1. The average molecular weight is 264 g/mol. The Bertz CT molecular complexity index is 453. The van der Waals surface area contributed by atoms with E-state index in [9.17, 15) is 9.18 Å². The average Bonchev–Trinajstić information content (AvgIpc) is 2.69. The van der Waals surface area contributed by atoms with E-state index in [0.717, 1.165) is 25.7 Å². The number of benzene rings is 1. The summed E-state index contributed by atoms with van der Waals surface area (Å²) >= 11 is 0. The molecule has 1 aromatic carbocycles. The van der Waals surface area contributed by atoms with Crippen LogP contribution in [0.15, 0.2) is 18.2 Å². The Kier molecular flexibility index (Phi) is 4.40. The minimum absolute atomic E-state index is 0.177. The summed E-state index contributed by atoms with van der Waals surface area (Å²) in [5.41, 5.74) is 6.38. The molecule has 0 unspecified atom stereocenters. The van der Waals surface area contributed by atoms with Crippen LogP contribution in [0, 0.1) is 5.82 Å². The first-order valence-electron chi connectivity index (χ1n) is 6.92. The standard InChI is InChI=1S/C15H21FN2O/c1-18(12-6-4-2-3-5-7-12)15(19)13-10-11(16)8-9-14(13)17/h8-10,12H,2-7,17H2,1H3. The molecule has 1 aromatic rings. The molecule has 1 saturated carbocycles. The summed E-state index contributed by atoms with van der Waals surface area (Å²) in [6.45, 7) is 0. The smallest absolute Gasteiger partial charge is 0.256 e. The van der Waals surface area contributed by atoms with E-state index in [1.54, 1.807) is 11.9 Å². The number of nitrogens with two attached hydrogens (primary N) is 1. The molecule has 0 spiro atoms. The van der Waals surface area contributed by atoms with E-state index >= 15 is 0 Å². The van der Waals surface area contributed by atoms with Gasteiger partial charge in [0.2, 0.25) is 0 Å². The van der Waals surface area contributed by atoms with Crippen molar-refractivity contribution < 1.29 is 9.18 Å². The van der Waals surface area contributed by atoms with Gasteiger partial charge in [-0.3, -0.25) is 4.79 Å². The van der Waals surface area contributed by atoms with Gasteiger partial charge in [0.05, 0.1) is 5.56 Å². The van der Waals surface area contributed by atoms with Crippen LogP contribution in [0.5, 0.6) is 0 Å². The van der Waals surface area contributed by atoms with E-state index in [1.807, 2.05) is 0 Å². The Morgan fingerprint density at radius 1 is 1.26 bits per heavy atom. The van der Waals surface area contributed by atoms with Crippen molar-refractivity contribution in [2.75, 3.05) is 12.8 Å². The SMILES string of the molecule is CN(C(=O)c1cc(F)ccc1N)C1CCCCCC1. The zero-order valence-corrected chi connectivity index (χ0v) is 11.4. The van der Waals surface area contributed by atoms with E-state index in [0.29, 0.717) is 5.69 Å². The lowest BCUT2D eigenvalue weighted by Crippen LogP contribution is -2.37. The van der Waals surface area contributed by atoms with Crippen molar-refractivity contribution in [1.82, 2.24) is 4.90 Å². The molecule has 0 aromatic heterocycles. The van der Waals surface area contributed by atoms with Crippen LogP contribution in [-0.2, 0) is 0 Å². The first-order valence-corrected chi connectivity index (χ1v) is 6.92. The normalized spacial score (nSPS) is 16.9. The van der Waals surface area contributed by atoms with Crippen molar-refractivity contribution in [2.24, 2.45) is 0 Å². The number of hydrogen-bond acceptors (Lipinski definition) is 2. The molecule has 2 N–H and O–H groups in total. The van der Waals surface area contributed by atoms with Crippen LogP contribution in [-0.4, -0.2) is 23.9 Å². The number of halogens is 1. The molecule has 0 saturated heterocycles. The van der Waals surface area contributed by atoms with Crippen molar-refractivity contribution >= 4 is 11.6 Å².